The Labute approximate surface area is 139 Å². The maximum absolute atomic E-state index is 12.7. The molecule has 4 rings (SSSR count). The summed E-state index contributed by atoms with van der Waals surface area (Å²) in [6.07, 6.45) is 0.647. The van der Waals surface area contributed by atoms with Gasteiger partial charge in [-0.3, -0.25) is 19.7 Å². The molecule has 2 fully saturated rings. The number of hydrogen-bond acceptors (Lipinski definition) is 4. The number of imide groups is 1. The Balaban J connectivity index is 1.54. The lowest BCUT2D eigenvalue weighted by Crippen LogP contribution is -2.52. The maximum Gasteiger partial charge on any atom is 0.255 e. The minimum absolute atomic E-state index is 0.159. The van der Waals surface area contributed by atoms with Crippen molar-refractivity contribution >= 4 is 17.7 Å². The lowest BCUT2D eigenvalue weighted by atomic mass is 10.0. The number of piperidine rings is 1. The number of carbonyl (C=O) groups is 3. The van der Waals surface area contributed by atoms with E-state index < -0.39 is 6.04 Å². The van der Waals surface area contributed by atoms with Crippen LogP contribution in [0.15, 0.2) is 18.2 Å². The van der Waals surface area contributed by atoms with Crippen molar-refractivity contribution in [3.8, 4) is 11.8 Å². The van der Waals surface area contributed by atoms with E-state index in [1.807, 2.05) is 18.2 Å². The molecule has 0 spiro atoms. The number of rotatable bonds is 1. The van der Waals surface area contributed by atoms with E-state index in [1.54, 1.807) is 4.90 Å². The fourth-order valence-corrected chi connectivity index (χ4v) is 3.21. The van der Waals surface area contributed by atoms with Crippen molar-refractivity contribution in [3.05, 3.63) is 34.9 Å². The summed E-state index contributed by atoms with van der Waals surface area (Å²) < 4.78 is 0. The van der Waals surface area contributed by atoms with Crippen molar-refractivity contribution < 1.29 is 14.4 Å². The third-order valence-electron chi connectivity index (χ3n) is 4.73. The summed E-state index contributed by atoms with van der Waals surface area (Å²) in [7, 11) is 0. The Morgan fingerprint density at radius 1 is 1.17 bits per heavy atom. The Morgan fingerprint density at radius 2 is 2.00 bits per heavy atom. The summed E-state index contributed by atoms with van der Waals surface area (Å²) in [5.74, 6) is 5.88. The molecule has 1 atom stereocenters. The predicted molar refractivity (Wildman–Crippen MR) is 85.7 cm³/mol. The van der Waals surface area contributed by atoms with Crippen molar-refractivity contribution in [3.63, 3.8) is 0 Å². The second-order valence-corrected chi connectivity index (χ2v) is 6.40. The number of carbonyl (C=O) groups excluding carboxylic acids is 3. The van der Waals surface area contributed by atoms with E-state index in [9.17, 15) is 14.4 Å². The molecule has 1 unspecified atom stereocenters. The van der Waals surface area contributed by atoms with Gasteiger partial charge in [0.05, 0.1) is 0 Å². The quantitative estimate of drug-likeness (QED) is 0.564. The monoisotopic (exact) mass is 323 g/mol. The Morgan fingerprint density at radius 3 is 2.71 bits per heavy atom. The molecule has 3 amide bonds. The minimum atomic E-state index is -0.571. The van der Waals surface area contributed by atoms with Gasteiger partial charge in [-0.15, -0.1) is 0 Å². The highest BCUT2D eigenvalue weighted by molar-refractivity contribution is 6.05. The molecule has 0 radical (unpaired) electrons. The molecule has 1 aromatic rings. The average Bonchev–Trinajstić information content (AvgIpc) is 2.83. The predicted octanol–water partition coefficient (Wildman–Crippen LogP) is 0.0185. The van der Waals surface area contributed by atoms with Crippen LogP contribution in [0, 0.1) is 17.8 Å². The molecule has 3 heterocycles. The number of nitrogens with zero attached hydrogens (tertiary/aromatic N) is 1. The van der Waals surface area contributed by atoms with Gasteiger partial charge in [0.2, 0.25) is 11.8 Å². The molecule has 6 nitrogen and oxygen atoms in total. The largest absolute Gasteiger partial charge is 0.322 e. The second kappa shape index (κ2) is 5.77. The first-order valence-electron chi connectivity index (χ1n) is 8.11. The van der Waals surface area contributed by atoms with Crippen LogP contribution in [0.25, 0.3) is 0 Å². The fourth-order valence-electron chi connectivity index (χ4n) is 3.21. The molecule has 6 heteroatoms. The van der Waals surface area contributed by atoms with Crippen LogP contribution >= 0.6 is 0 Å². The smallest absolute Gasteiger partial charge is 0.255 e. The van der Waals surface area contributed by atoms with Crippen molar-refractivity contribution in [2.75, 3.05) is 13.1 Å². The molecule has 24 heavy (non-hydrogen) atoms. The van der Waals surface area contributed by atoms with Crippen LogP contribution < -0.4 is 10.6 Å². The number of fused-ring (bicyclic) bond motifs is 1. The molecule has 3 aliphatic heterocycles. The van der Waals surface area contributed by atoms with Crippen LogP contribution in [0.5, 0.6) is 0 Å². The van der Waals surface area contributed by atoms with E-state index in [4.69, 9.17) is 0 Å². The van der Waals surface area contributed by atoms with Crippen molar-refractivity contribution in [1.29, 1.82) is 0 Å². The third kappa shape index (κ3) is 2.57. The van der Waals surface area contributed by atoms with Crippen molar-refractivity contribution in [2.45, 2.75) is 25.4 Å². The van der Waals surface area contributed by atoms with E-state index in [-0.39, 0.29) is 24.1 Å². The van der Waals surface area contributed by atoms with Gasteiger partial charge in [0, 0.05) is 43.1 Å². The highest BCUT2D eigenvalue weighted by Crippen LogP contribution is 2.28. The van der Waals surface area contributed by atoms with Gasteiger partial charge in [-0.25, -0.2) is 0 Å². The van der Waals surface area contributed by atoms with Gasteiger partial charge in [0.15, 0.2) is 0 Å². The molecule has 2 saturated heterocycles. The number of benzene rings is 1. The molecular formula is C18H17N3O3. The van der Waals surface area contributed by atoms with Gasteiger partial charge in [-0.1, -0.05) is 17.9 Å². The van der Waals surface area contributed by atoms with Gasteiger partial charge >= 0.3 is 0 Å². The van der Waals surface area contributed by atoms with E-state index in [0.717, 1.165) is 24.2 Å². The molecular weight excluding hydrogens is 306 g/mol. The van der Waals surface area contributed by atoms with Gasteiger partial charge in [-0.2, -0.15) is 0 Å². The SMILES string of the molecule is O=C1CCC(N2Cc3ccc(C#CC4CNC4)cc3C2=O)C(=O)N1. The van der Waals surface area contributed by atoms with Crippen LogP contribution in [0.3, 0.4) is 0 Å². The summed E-state index contributed by atoms with van der Waals surface area (Å²) in [4.78, 5) is 37.5. The van der Waals surface area contributed by atoms with Gasteiger partial charge in [-0.05, 0) is 24.1 Å². The highest BCUT2D eigenvalue weighted by Gasteiger charge is 2.39. The summed E-state index contributed by atoms with van der Waals surface area (Å²) in [6, 6.07) is 5.06. The summed E-state index contributed by atoms with van der Waals surface area (Å²) >= 11 is 0. The van der Waals surface area contributed by atoms with E-state index in [0.29, 0.717) is 24.4 Å². The van der Waals surface area contributed by atoms with Crippen LogP contribution in [-0.2, 0) is 16.1 Å². The van der Waals surface area contributed by atoms with Crippen LogP contribution in [0.1, 0.15) is 34.3 Å². The Hall–Kier alpha value is -2.65. The third-order valence-corrected chi connectivity index (χ3v) is 4.73. The lowest BCUT2D eigenvalue weighted by molar-refractivity contribution is -0.136. The molecule has 1 aromatic carbocycles. The van der Waals surface area contributed by atoms with Gasteiger partial charge in [0.1, 0.15) is 6.04 Å². The summed E-state index contributed by atoms with van der Waals surface area (Å²) in [5, 5.41) is 5.48. The standard InChI is InChI=1S/C18H17N3O3/c22-16-6-5-15(17(23)20-16)21-10-13-4-3-11(7-14(13)18(21)24)1-2-12-8-19-9-12/h3-4,7,12,15,19H,5-6,8-10H2,(H,20,22,23). The zero-order valence-corrected chi connectivity index (χ0v) is 13.1. The van der Waals surface area contributed by atoms with E-state index >= 15 is 0 Å². The van der Waals surface area contributed by atoms with Gasteiger partial charge < -0.3 is 10.2 Å². The van der Waals surface area contributed by atoms with Crippen molar-refractivity contribution in [2.24, 2.45) is 5.92 Å². The second-order valence-electron chi connectivity index (χ2n) is 6.40. The van der Waals surface area contributed by atoms with E-state index in [1.165, 1.54) is 0 Å². The first-order valence-corrected chi connectivity index (χ1v) is 8.11. The molecule has 0 aromatic heterocycles. The molecule has 0 bridgehead atoms. The number of nitrogens with one attached hydrogen (secondary N) is 2. The van der Waals surface area contributed by atoms with Crippen LogP contribution in [0.2, 0.25) is 0 Å². The fraction of sp³-hybridized carbons (Fsp3) is 0.389. The maximum atomic E-state index is 12.7. The van der Waals surface area contributed by atoms with Crippen LogP contribution in [-0.4, -0.2) is 41.8 Å². The molecule has 2 N–H and O–H groups in total. The van der Waals surface area contributed by atoms with E-state index in [2.05, 4.69) is 22.5 Å². The first-order chi connectivity index (χ1) is 11.6. The summed E-state index contributed by atoms with van der Waals surface area (Å²) in [6.45, 7) is 2.24. The zero-order chi connectivity index (χ0) is 16.7. The normalized spacial score (nSPS) is 23.2. The van der Waals surface area contributed by atoms with Gasteiger partial charge in [0.25, 0.3) is 5.91 Å². The average molecular weight is 323 g/mol. The first kappa shape index (κ1) is 14.9. The zero-order valence-electron chi connectivity index (χ0n) is 13.1. The summed E-state index contributed by atoms with van der Waals surface area (Å²) in [5.41, 5.74) is 2.33. The minimum Gasteiger partial charge on any atom is -0.322 e. The Bertz CT molecular complexity index is 801. The highest BCUT2D eigenvalue weighted by atomic mass is 16.2. The van der Waals surface area contributed by atoms with Crippen molar-refractivity contribution in [1.82, 2.24) is 15.5 Å². The number of hydrogen-bond donors (Lipinski definition) is 2. The molecule has 0 saturated carbocycles. The topological polar surface area (TPSA) is 78.5 Å². The molecule has 0 aliphatic carbocycles. The lowest BCUT2D eigenvalue weighted by Gasteiger charge is -2.29. The molecule has 3 aliphatic rings. The molecule has 122 valence electrons. The number of amides is 3. The van der Waals surface area contributed by atoms with Crippen LogP contribution in [0.4, 0.5) is 0 Å². The Kier molecular flexibility index (Phi) is 3.58.